The molecule has 176 valence electrons. The number of anilines is 1. The number of nitrogens with one attached hydrogen (secondary N) is 1. The second-order valence-corrected chi connectivity index (χ2v) is 7.51. The van der Waals surface area contributed by atoms with E-state index in [4.69, 9.17) is 23.7 Å². The van der Waals surface area contributed by atoms with Crippen molar-refractivity contribution in [3.63, 3.8) is 0 Å². The zero-order valence-corrected chi connectivity index (χ0v) is 18.7. The fourth-order valence-corrected chi connectivity index (χ4v) is 3.16. The standard InChI is InChI=1S/C26H25NO7/c1-18(26(29)27-20-7-12-23-24(15-20)31-14-13-30-23)34-25(28)17-33-22-10-8-21(9-11-22)32-16-19-5-3-2-4-6-19/h2-12,15,18H,13-14,16-17H2,1H3,(H,27,29). The van der Waals surface area contributed by atoms with Crippen molar-refractivity contribution in [3.8, 4) is 23.0 Å². The highest BCUT2D eigenvalue weighted by atomic mass is 16.6. The van der Waals surface area contributed by atoms with Gasteiger partial charge in [0.15, 0.2) is 24.2 Å². The first-order valence-corrected chi connectivity index (χ1v) is 10.9. The van der Waals surface area contributed by atoms with Gasteiger partial charge in [0.25, 0.3) is 5.91 Å². The summed E-state index contributed by atoms with van der Waals surface area (Å²) in [4.78, 5) is 24.5. The Morgan fingerprint density at radius 2 is 1.56 bits per heavy atom. The van der Waals surface area contributed by atoms with Gasteiger partial charge in [-0.05, 0) is 48.9 Å². The van der Waals surface area contributed by atoms with Crippen LogP contribution in [0.1, 0.15) is 12.5 Å². The topological polar surface area (TPSA) is 92.3 Å². The largest absolute Gasteiger partial charge is 0.489 e. The SMILES string of the molecule is CC(OC(=O)COc1ccc(OCc2ccccc2)cc1)C(=O)Nc1ccc2c(c1)OCCO2. The number of benzene rings is 3. The van der Waals surface area contributed by atoms with Gasteiger partial charge in [-0.1, -0.05) is 30.3 Å². The lowest BCUT2D eigenvalue weighted by molar-refractivity contribution is -0.155. The molecule has 0 saturated heterocycles. The van der Waals surface area contributed by atoms with Crippen LogP contribution in [-0.2, 0) is 20.9 Å². The summed E-state index contributed by atoms with van der Waals surface area (Å²) < 4.78 is 27.3. The maximum Gasteiger partial charge on any atom is 0.344 e. The van der Waals surface area contributed by atoms with E-state index in [1.165, 1.54) is 6.92 Å². The molecule has 1 aliphatic heterocycles. The summed E-state index contributed by atoms with van der Waals surface area (Å²) in [6.07, 6.45) is -1.00. The molecule has 0 saturated carbocycles. The van der Waals surface area contributed by atoms with E-state index in [-0.39, 0.29) is 6.61 Å². The van der Waals surface area contributed by atoms with Crippen LogP contribution in [0, 0.1) is 0 Å². The van der Waals surface area contributed by atoms with Crippen molar-refractivity contribution in [3.05, 3.63) is 78.4 Å². The maximum absolute atomic E-state index is 12.4. The zero-order chi connectivity index (χ0) is 23.8. The third kappa shape index (κ3) is 6.41. The lowest BCUT2D eigenvalue weighted by atomic mass is 10.2. The summed E-state index contributed by atoms with van der Waals surface area (Å²) in [7, 11) is 0. The van der Waals surface area contributed by atoms with E-state index in [9.17, 15) is 9.59 Å². The minimum absolute atomic E-state index is 0.328. The molecule has 3 aromatic rings. The summed E-state index contributed by atoms with van der Waals surface area (Å²) in [6.45, 7) is 2.55. The number of hydrogen-bond donors (Lipinski definition) is 1. The van der Waals surface area contributed by atoms with Crippen LogP contribution in [0.25, 0.3) is 0 Å². The molecule has 1 heterocycles. The van der Waals surface area contributed by atoms with Gasteiger partial charge < -0.3 is 29.0 Å². The van der Waals surface area contributed by atoms with Crippen molar-refractivity contribution in [2.75, 3.05) is 25.1 Å². The number of carbonyl (C=O) groups excluding carboxylic acids is 2. The van der Waals surface area contributed by atoms with Crippen molar-refractivity contribution in [2.45, 2.75) is 19.6 Å². The second-order valence-electron chi connectivity index (χ2n) is 7.51. The number of esters is 1. The van der Waals surface area contributed by atoms with Gasteiger partial charge in [0.05, 0.1) is 0 Å². The first-order valence-electron chi connectivity index (χ1n) is 10.9. The van der Waals surface area contributed by atoms with Gasteiger partial charge in [0.1, 0.15) is 31.3 Å². The van der Waals surface area contributed by atoms with Crippen LogP contribution in [0.3, 0.4) is 0 Å². The Balaban J connectivity index is 1.20. The number of hydrogen-bond acceptors (Lipinski definition) is 7. The van der Waals surface area contributed by atoms with Crippen molar-refractivity contribution >= 4 is 17.6 Å². The fourth-order valence-electron chi connectivity index (χ4n) is 3.16. The number of ether oxygens (including phenoxy) is 5. The van der Waals surface area contributed by atoms with Crippen LogP contribution < -0.4 is 24.3 Å². The zero-order valence-electron chi connectivity index (χ0n) is 18.7. The Labute approximate surface area is 197 Å². The van der Waals surface area contributed by atoms with E-state index in [1.54, 1.807) is 42.5 Å². The molecule has 1 unspecified atom stereocenters. The average Bonchev–Trinajstić information content (AvgIpc) is 2.87. The lowest BCUT2D eigenvalue weighted by Gasteiger charge is -2.19. The van der Waals surface area contributed by atoms with Crippen LogP contribution >= 0.6 is 0 Å². The van der Waals surface area contributed by atoms with Gasteiger partial charge in [-0.2, -0.15) is 0 Å². The summed E-state index contributed by atoms with van der Waals surface area (Å²) >= 11 is 0. The summed E-state index contributed by atoms with van der Waals surface area (Å²) in [5, 5.41) is 2.69. The minimum atomic E-state index is -1.00. The van der Waals surface area contributed by atoms with Gasteiger partial charge in [0, 0.05) is 11.8 Å². The van der Waals surface area contributed by atoms with Crippen molar-refractivity contribution in [2.24, 2.45) is 0 Å². The monoisotopic (exact) mass is 463 g/mol. The third-order valence-corrected chi connectivity index (χ3v) is 4.92. The van der Waals surface area contributed by atoms with Crippen LogP contribution in [0.15, 0.2) is 72.8 Å². The summed E-state index contributed by atoms with van der Waals surface area (Å²) in [6, 6.07) is 21.8. The molecule has 34 heavy (non-hydrogen) atoms. The molecule has 0 spiro atoms. The Bertz CT molecular complexity index is 1120. The van der Waals surface area contributed by atoms with Crippen molar-refractivity contribution < 1.29 is 33.3 Å². The molecular formula is C26H25NO7. The van der Waals surface area contributed by atoms with Gasteiger partial charge >= 0.3 is 5.97 Å². The predicted octanol–water partition coefficient (Wildman–Crippen LogP) is 3.99. The number of rotatable bonds is 9. The van der Waals surface area contributed by atoms with Gasteiger partial charge in [-0.15, -0.1) is 0 Å². The Morgan fingerprint density at radius 3 is 2.29 bits per heavy atom. The molecular weight excluding hydrogens is 438 g/mol. The number of carbonyl (C=O) groups is 2. The van der Waals surface area contributed by atoms with Crippen LogP contribution in [-0.4, -0.2) is 37.8 Å². The molecule has 1 aliphatic rings. The van der Waals surface area contributed by atoms with Gasteiger partial charge in [-0.25, -0.2) is 4.79 Å². The molecule has 8 nitrogen and oxygen atoms in total. The quantitative estimate of drug-likeness (QED) is 0.480. The second kappa shape index (κ2) is 11.1. The predicted molar refractivity (Wildman–Crippen MR) is 124 cm³/mol. The van der Waals surface area contributed by atoms with Gasteiger partial charge in [0.2, 0.25) is 0 Å². The molecule has 0 aliphatic carbocycles. The normalized spacial score (nSPS) is 12.9. The summed E-state index contributed by atoms with van der Waals surface area (Å²) in [5.41, 5.74) is 1.58. The molecule has 1 amide bonds. The van der Waals surface area contributed by atoms with Crippen molar-refractivity contribution in [1.82, 2.24) is 0 Å². The Hall–Kier alpha value is -4.20. The molecule has 0 fully saturated rings. The van der Waals surface area contributed by atoms with E-state index < -0.39 is 18.0 Å². The van der Waals surface area contributed by atoms with Crippen LogP contribution in [0.4, 0.5) is 5.69 Å². The van der Waals surface area contributed by atoms with Gasteiger partial charge in [-0.3, -0.25) is 4.79 Å². The Kier molecular flexibility index (Phi) is 7.49. The number of amides is 1. The molecule has 1 N–H and O–H groups in total. The molecule has 4 rings (SSSR count). The molecule has 0 bridgehead atoms. The highest BCUT2D eigenvalue weighted by molar-refractivity contribution is 5.95. The smallest absolute Gasteiger partial charge is 0.344 e. The Morgan fingerprint density at radius 1 is 0.882 bits per heavy atom. The molecule has 0 aromatic heterocycles. The van der Waals surface area contributed by atoms with E-state index >= 15 is 0 Å². The molecule has 8 heteroatoms. The molecule has 1 atom stereocenters. The minimum Gasteiger partial charge on any atom is -0.489 e. The van der Waals surface area contributed by atoms with E-state index in [0.29, 0.717) is 48.5 Å². The first kappa shape index (κ1) is 23.0. The number of fused-ring (bicyclic) bond motifs is 1. The van der Waals surface area contributed by atoms with Crippen LogP contribution in [0.5, 0.6) is 23.0 Å². The highest BCUT2D eigenvalue weighted by Crippen LogP contribution is 2.32. The van der Waals surface area contributed by atoms with E-state index in [0.717, 1.165) is 5.56 Å². The maximum atomic E-state index is 12.4. The van der Waals surface area contributed by atoms with E-state index in [1.807, 2.05) is 30.3 Å². The highest BCUT2D eigenvalue weighted by Gasteiger charge is 2.20. The third-order valence-electron chi connectivity index (χ3n) is 4.92. The molecule has 3 aromatic carbocycles. The first-order chi connectivity index (χ1) is 16.6. The summed E-state index contributed by atoms with van der Waals surface area (Å²) in [5.74, 6) is 1.22. The lowest BCUT2D eigenvalue weighted by Crippen LogP contribution is -2.31. The fraction of sp³-hybridized carbons (Fsp3) is 0.231. The van der Waals surface area contributed by atoms with Crippen LogP contribution in [0.2, 0.25) is 0 Å². The van der Waals surface area contributed by atoms with Crippen molar-refractivity contribution in [1.29, 1.82) is 0 Å². The average molecular weight is 463 g/mol. The molecule has 0 radical (unpaired) electrons. The van der Waals surface area contributed by atoms with E-state index in [2.05, 4.69) is 5.32 Å².